The van der Waals surface area contributed by atoms with Crippen LogP contribution in [0.2, 0.25) is 0 Å². The normalized spacial score (nSPS) is 16.1. The zero-order chi connectivity index (χ0) is 18.1. The SMILES string of the molecule is CC(C)(CC1Cc2ccccc2C1)NCC(O)c1ccc2ccsc2c1. The minimum atomic E-state index is -0.471. The van der Waals surface area contributed by atoms with Gasteiger partial charge >= 0.3 is 0 Å². The summed E-state index contributed by atoms with van der Waals surface area (Å²) in [6.07, 6.45) is 3.01. The molecule has 136 valence electrons. The second kappa shape index (κ2) is 7.15. The Labute approximate surface area is 159 Å². The number of rotatable bonds is 6. The van der Waals surface area contributed by atoms with Crippen LogP contribution in [0.5, 0.6) is 0 Å². The fourth-order valence-corrected chi connectivity index (χ4v) is 5.10. The van der Waals surface area contributed by atoms with Crippen molar-refractivity contribution in [2.45, 2.75) is 44.8 Å². The summed E-state index contributed by atoms with van der Waals surface area (Å²) < 4.78 is 1.24. The van der Waals surface area contributed by atoms with E-state index in [1.807, 2.05) is 6.07 Å². The van der Waals surface area contributed by atoms with Crippen molar-refractivity contribution >= 4 is 21.4 Å². The smallest absolute Gasteiger partial charge is 0.0915 e. The molecule has 0 bridgehead atoms. The quantitative estimate of drug-likeness (QED) is 0.636. The van der Waals surface area contributed by atoms with Crippen LogP contribution in [0.3, 0.4) is 0 Å². The van der Waals surface area contributed by atoms with Gasteiger partial charge in [-0.05, 0) is 78.6 Å². The van der Waals surface area contributed by atoms with E-state index in [-0.39, 0.29) is 5.54 Å². The van der Waals surface area contributed by atoms with Crippen molar-refractivity contribution in [2.24, 2.45) is 5.92 Å². The van der Waals surface area contributed by atoms with Crippen molar-refractivity contribution < 1.29 is 5.11 Å². The molecule has 2 N–H and O–H groups in total. The Morgan fingerprint density at radius 3 is 2.58 bits per heavy atom. The minimum absolute atomic E-state index is 0.0146. The van der Waals surface area contributed by atoms with E-state index < -0.39 is 6.10 Å². The number of fused-ring (bicyclic) bond motifs is 2. The molecule has 0 saturated carbocycles. The fraction of sp³-hybridized carbons (Fsp3) is 0.391. The van der Waals surface area contributed by atoms with E-state index in [4.69, 9.17) is 0 Å². The van der Waals surface area contributed by atoms with Gasteiger partial charge in [0.1, 0.15) is 0 Å². The van der Waals surface area contributed by atoms with Crippen molar-refractivity contribution in [3.05, 3.63) is 70.6 Å². The molecule has 0 amide bonds. The van der Waals surface area contributed by atoms with E-state index in [1.54, 1.807) is 11.3 Å². The van der Waals surface area contributed by atoms with Crippen LogP contribution in [-0.4, -0.2) is 17.2 Å². The highest BCUT2D eigenvalue weighted by molar-refractivity contribution is 7.17. The molecule has 2 aromatic carbocycles. The molecule has 4 rings (SSSR count). The molecule has 26 heavy (non-hydrogen) atoms. The lowest BCUT2D eigenvalue weighted by atomic mass is 9.88. The zero-order valence-electron chi connectivity index (χ0n) is 15.5. The van der Waals surface area contributed by atoms with Crippen molar-refractivity contribution in [3.8, 4) is 0 Å². The van der Waals surface area contributed by atoms with Crippen LogP contribution in [0, 0.1) is 5.92 Å². The van der Waals surface area contributed by atoms with Gasteiger partial charge in [-0.1, -0.05) is 36.4 Å². The maximum atomic E-state index is 10.6. The number of hydrogen-bond acceptors (Lipinski definition) is 3. The van der Waals surface area contributed by atoms with Crippen LogP contribution >= 0.6 is 11.3 Å². The lowest BCUT2D eigenvalue weighted by Crippen LogP contribution is -2.43. The van der Waals surface area contributed by atoms with E-state index in [1.165, 1.54) is 34.1 Å². The van der Waals surface area contributed by atoms with Gasteiger partial charge in [-0.25, -0.2) is 0 Å². The van der Waals surface area contributed by atoms with E-state index in [0.29, 0.717) is 12.5 Å². The number of benzene rings is 2. The van der Waals surface area contributed by atoms with Gasteiger partial charge in [0.2, 0.25) is 0 Å². The second-order valence-corrected chi connectivity index (χ2v) is 9.19. The van der Waals surface area contributed by atoms with Gasteiger partial charge in [-0.3, -0.25) is 0 Å². The van der Waals surface area contributed by atoms with E-state index in [9.17, 15) is 5.11 Å². The van der Waals surface area contributed by atoms with Gasteiger partial charge in [-0.15, -0.1) is 11.3 Å². The Morgan fingerprint density at radius 1 is 1.12 bits per heavy atom. The summed E-state index contributed by atoms with van der Waals surface area (Å²) in [4.78, 5) is 0. The monoisotopic (exact) mass is 365 g/mol. The number of hydrogen-bond donors (Lipinski definition) is 2. The molecule has 1 atom stereocenters. The maximum Gasteiger partial charge on any atom is 0.0915 e. The summed E-state index contributed by atoms with van der Waals surface area (Å²) in [5, 5.41) is 17.6. The topological polar surface area (TPSA) is 32.3 Å². The van der Waals surface area contributed by atoms with Crippen molar-refractivity contribution in [1.29, 1.82) is 0 Å². The van der Waals surface area contributed by atoms with Gasteiger partial charge in [0.15, 0.2) is 0 Å². The van der Waals surface area contributed by atoms with Gasteiger partial charge < -0.3 is 10.4 Å². The maximum absolute atomic E-state index is 10.6. The Hall–Kier alpha value is -1.68. The summed E-state index contributed by atoms with van der Waals surface area (Å²) in [6, 6.07) is 17.2. The number of β-amino-alcohol motifs (C(OH)–C–C–N with tert-alkyl or cyclic N) is 1. The molecule has 3 aromatic rings. The lowest BCUT2D eigenvalue weighted by Gasteiger charge is -2.30. The molecule has 0 saturated heterocycles. The molecule has 1 aliphatic rings. The van der Waals surface area contributed by atoms with E-state index in [2.05, 4.69) is 67.0 Å². The molecule has 0 spiro atoms. The molecule has 1 unspecified atom stereocenters. The van der Waals surface area contributed by atoms with E-state index in [0.717, 1.165) is 12.0 Å². The first-order valence-corrected chi connectivity index (χ1v) is 10.4. The summed E-state index contributed by atoms with van der Waals surface area (Å²) in [7, 11) is 0. The molecular formula is C23H27NOS. The molecule has 0 fully saturated rings. The number of aliphatic hydroxyl groups excluding tert-OH is 1. The van der Waals surface area contributed by atoms with Gasteiger partial charge in [0, 0.05) is 16.8 Å². The predicted octanol–water partition coefficient (Wildman–Crippen LogP) is 5.11. The van der Waals surface area contributed by atoms with Crippen molar-refractivity contribution in [1.82, 2.24) is 5.32 Å². The standard InChI is InChI=1S/C23H27NOS/c1-23(2,14-16-11-18-5-3-4-6-19(18)12-16)24-15-21(25)20-8-7-17-9-10-26-22(17)13-20/h3-10,13,16,21,24-25H,11-12,14-15H2,1-2H3. The van der Waals surface area contributed by atoms with Crippen LogP contribution < -0.4 is 5.32 Å². The molecule has 1 aromatic heterocycles. The Kier molecular flexibility index (Phi) is 4.87. The summed E-state index contributed by atoms with van der Waals surface area (Å²) >= 11 is 1.73. The second-order valence-electron chi connectivity index (χ2n) is 8.25. The predicted molar refractivity (Wildman–Crippen MR) is 111 cm³/mol. The molecule has 0 aliphatic heterocycles. The third kappa shape index (κ3) is 3.85. The van der Waals surface area contributed by atoms with Crippen LogP contribution in [0.4, 0.5) is 0 Å². The molecule has 3 heteroatoms. The Bertz CT molecular complexity index is 873. The van der Waals surface area contributed by atoms with Gasteiger partial charge in [0.05, 0.1) is 6.10 Å². The Morgan fingerprint density at radius 2 is 1.85 bits per heavy atom. The highest BCUT2D eigenvalue weighted by Gasteiger charge is 2.28. The first-order valence-electron chi connectivity index (χ1n) is 9.47. The average Bonchev–Trinajstić information content (AvgIpc) is 3.24. The molecule has 1 aliphatic carbocycles. The minimum Gasteiger partial charge on any atom is -0.387 e. The molecule has 2 nitrogen and oxygen atoms in total. The fourth-order valence-electron chi connectivity index (χ4n) is 4.26. The van der Waals surface area contributed by atoms with Crippen molar-refractivity contribution in [2.75, 3.05) is 6.54 Å². The Balaban J connectivity index is 1.34. The first-order chi connectivity index (χ1) is 12.5. The first kappa shape index (κ1) is 17.7. The van der Waals surface area contributed by atoms with Crippen LogP contribution in [0.25, 0.3) is 10.1 Å². The lowest BCUT2D eigenvalue weighted by molar-refractivity contribution is 0.155. The summed E-state index contributed by atoms with van der Waals surface area (Å²) in [6.45, 7) is 5.10. The number of nitrogens with one attached hydrogen (secondary N) is 1. The zero-order valence-corrected chi connectivity index (χ0v) is 16.4. The van der Waals surface area contributed by atoms with E-state index >= 15 is 0 Å². The number of thiophene rings is 1. The molecule has 0 radical (unpaired) electrons. The third-order valence-electron chi connectivity index (χ3n) is 5.57. The van der Waals surface area contributed by atoms with Crippen LogP contribution in [-0.2, 0) is 12.8 Å². The van der Waals surface area contributed by atoms with Gasteiger partial charge in [-0.2, -0.15) is 0 Å². The van der Waals surface area contributed by atoms with Crippen LogP contribution in [0.1, 0.15) is 43.1 Å². The summed E-state index contributed by atoms with van der Waals surface area (Å²) in [5.74, 6) is 0.689. The van der Waals surface area contributed by atoms with Crippen LogP contribution in [0.15, 0.2) is 53.9 Å². The largest absolute Gasteiger partial charge is 0.387 e. The number of aliphatic hydroxyl groups is 1. The highest BCUT2D eigenvalue weighted by atomic mass is 32.1. The third-order valence-corrected chi connectivity index (χ3v) is 6.45. The average molecular weight is 366 g/mol. The molecule has 1 heterocycles. The molecular weight excluding hydrogens is 338 g/mol. The van der Waals surface area contributed by atoms with Crippen molar-refractivity contribution in [3.63, 3.8) is 0 Å². The highest BCUT2D eigenvalue weighted by Crippen LogP contribution is 2.32. The summed E-state index contributed by atoms with van der Waals surface area (Å²) in [5.41, 5.74) is 4.03. The van der Waals surface area contributed by atoms with Gasteiger partial charge in [0.25, 0.3) is 0 Å².